The van der Waals surface area contributed by atoms with E-state index < -0.39 is 47.8 Å². The van der Waals surface area contributed by atoms with Crippen LogP contribution in [0.4, 0.5) is 0 Å². The molecule has 2 aromatic carbocycles. The first-order valence-electron chi connectivity index (χ1n) is 25.9. The molecule has 7 unspecified atom stereocenters. The molecule has 0 spiro atoms. The average Bonchev–Trinajstić information content (AvgIpc) is 4.53. The Labute approximate surface area is 489 Å². The summed E-state index contributed by atoms with van der Waals surface area (Å²) >= 11 is 7.66. The number of Topliss-reactive ketones (excluding diaryl/α,β-unsaturated/α-hetero) is 1. The van der Waals surface area contributed by atoms with Gasteiger partial charge < -0.3 is 26.6 Å². The molecule has 1 saturated heterocycles. The van der Waals surface area contributed by atoms with Crippen LogP contribution >= 0.6 is 68.0 Å². The van der Waals surface area contributed by atoms with E-state index >= 15 is 4.79 Å². The first-order valence-corrected chi connectivity index (χ1v) is 31.1. The van der Waals surface area contributed by atoms with E-state index in [1.54, 1.807) is 29.1 Å². The Kier molecular flexibility index (Phi) is 15.8. The van der Waals surface area contributed by atoms with E-state index in [0.29, 0.717) is 65.5 Å². The van der Waals surface area contributed by atoms with Crippen LogP contribution in [0.1, 0.15) is 137 Å². The smallest absolute Gasteiger partial charge is 0.271 e. The number of aromatic nitrogens is 7. The number of pyridine rings is 1. The minimum atomic E-state index is -1.03. The van der Waals surface area contributed by atoms with Crippen LogP contribution in [0.25, 0.3) is 43.4 Å². The molecule has 0 saturated carbocycles. The van der Waals surface area contributed by atoms with Crippen LogP contribution in [0.3, 0.4) is 0 Å². The monoisotopic (exact) mass is 1190 g/mol. The molecule has 2 aliphatic heterocycles. The number of hydrogen-bond donors (Lipinski definition) is 4. The van der Waals surface area contributed by atoms with Gasteiger partial charge in [-0.05, 0) is 48.9 Å². The van der Waals surface area contributed by atoms with E-state index in [9.17, 15) is 24.0 Å². The quantitative estimate of drug-likeness (QED) is 0.103. The number of nitrogens with one attached hydrogen (secondary N) is 3. The third-order valence-electron chi connectivity index (χ3n) is 14.5. The molecule has 24 heteroatoms. The number of primary amides is 1. The van der Waals surface area contributed by atoms with Crippen LogP contribution in [0.15, 0.2) is 93.6 Å². The van der Waals surface area contributed by atoms with Gasteiger partial charge in [-0.2, -0.15) is 0 Å². The van der Waals surface area contributed by atoms with E-state index in [2.05, 4.69) is 34.8 Å². The SMILES string of the molecule is CC(=O)c1csc(-c2ccc3c(n2)-c2csc(n2)-c2csc(n2)C2C(C)C(C)CN2C(=O)C(Cc2ccc(C)cc2)NC(=O)c2csc(n2)C(C(C)c2ccccc2)NC(=O)c2nc(sc2C)C(CC(N)=O)NC(=O)c2csc-3n2)n1. The van der Waals surface area contributed by atoms with Crippen LogP contribution in [-0.2, 0) is 16.0 Å². The summed E-state index contributed by atoms with van der Waals surface area (Å²) in [4.78, 5) is 120. The molecule has 0 aliphatic carbocycles. The third-order valence-corrected chi connectivity index (χ3v) is 20.1. The van der Waals surface area contributed by atoms with E-state index in [-0.39, 0.29) is 64.4 Å². The highest BCUT2D eigenvalue weighted by atomic mass is 32.1. The van der Waals surface area contributed by atoms with Crippen molar-refractivity contribution >= 4 is 103 Å². The van der Waals surface area contributed by atoms with Gasteiger partial charge in [-0.1, -0.05) is 80.9 Å². The molecule has 5 N–H and O–H groups in total. The summed E-state index contributed by atoms with van der Waals surface area (Å²) in [5.74, 6) is -3.11. The molecule has 9 heterocycles. The lowest BCUT2D eigenvalue weighted by atomic mass is 9.93. The number of aryl methyl sites for hydroxylation is 2. The van der Waals surface area contributed by atoms with Gasteiger partial charge in [0, 0.05) is 63.1 Å². The average molecular weight is 1190 g/mol. The predicted molar refractivity (Wildman–Crippen MR) is 316 cm³/mol. The van der Waals surface area contributed by atoms with Crippen LogP contribution in [0, 0.1) is 25.7 Å². The van der Waals surface area contributed by atoms with Crippen molar-refractivity contribution in [1.29, 1.82) is 0 Å². The summed E-state index contributed by atoms with van der Waals surface area (Å²) in [6.45, 7) is 11.8. The van der Waals surface area contributed by atoms with Crippen molar-refractivity contribution < 1.29 is 28.8 Å². The Morgan fingerprint density at radius 2 is 1.28 bits per heavy atom. The Morgan fingerprint density at radius 3 is 2.02 bits per heavy atom. The molecule has 2 aliphatic rings. The summed E-state index contributed by atoms with van der Waals surface area (Å²) in [7, 11) is 0. The second-order valence-electron chi connectivity index (χ2n) is 20.2. The zero-order chi connectivity index (χ0) is 56.8. The van der Waals surface area contributed by atoms with Crippen LogP contribution < -0.4 is 21.7 Å². The summed E-state index contributed by atoms with van der Waals surface area (Å²) in [6.07, 6.45) is -0.117. The van der Waals surface area contributed by atoms with E-state index in [0.717, 1.165) is 33.0 Å². The topological polar surface area (TPSA) is 258 Å². The highest BCUT2D eigenvalue weighted by Gasteiger charge is 2.44. The Balaban J connectivity index is 1.02. The fraction of sp³-hybridized carbons (Fsp3) is 0.281. The second kappa shape index (κ2) is 23.1. The zero-order valence-corrected chi connectivity index (χ0v) is 49.4. The number of amides is 5. The molecular formula is C57H52N12O6S6. The number of benzene rings is 2. The number of carbonyl (C=O) groups excluding carboxylic acids is 6. The van der Waals surface area contributed by atoms with Gasteiger partial charge in [-0.3, -0.25) is 28.8 Å². The molecule has 5 amide bonds. The van der Waals surface area contributed by atoms with Crippen LogP contribution in [0.5, 0.6) is 0 Å². The van der Waals surface area contributed by atoms with Crippen molar-refractivity contribution in [3.8, 4) is 43.4 Å². The predicted octanol–water partition coefficient (Wildman–Crippen LogP) is 10.4. The molecule has 7 aromatic heterocycles. The van der Waals surface area contributed by atoms with Crippen molar-refractivity contribution in [2.75, 3.05) is 6.54 Å². The molecule has 81 heavy (non-hydrogen) atoms. The first-order chi connectivity index (χ1) is 39.0. The van der Waals surface area contributed by atoms with Crippen molar-refractivity contribution in [1.82, 2.24) is 55.7 Å². The lowest BCUT2D eigenvalue weighted by molar-refractivity contribution is -0.134. The van der Waals surface area contributed by atoms with Crippen molar-refractivity contribution in [3.05, 3.63) is 153 Å². The van der Waals surface area contributed by atoms with Gasteiger partial charge >= 0.3 is 0 Å². The minimum absolute atomic E-state index is 0.00264. The van der Waals surface area contributed by atoms with Gasteiger partial charge in [0.25, 0.3) is 17.7 Å². The molecule has 18 nitrogen and oxygen atoms in total. The maximum atomic E-state index is 15.3. The second-order valence-corrected chi connectivity index (χ2v) is 25.8. The first kappa shape index (κ1) is 55.3. The van der Waals surface area contributed by atoms with E-state index in [1.807, 2.05) is 90.2 Å². The highest BCUT2D eigenvalue weighted by molar-refractivity contribution is 7.15. The lowest BCUT2D eigenvalue weighted by Gasteiger charge is -2.29. The largest absolute Gasteiger partial charge is 0.370 e. The van der Waals surface area contributed by atoms with E-state index in [1.165, 1.54) is 63.6 Å². The summed E-state index contributed by atoms with van der Waals surface area (Å²) < 4.78 is 0. The number of carbonyl (C=O) groups is 6. The molecule has 11 rings (SSSR count). The summed E-state index contributed by atoms with van der Waals surface area (Å²) in [5, 5.41) is 20.9. The molecule has 1 fully saturated rings. The van der Waals surface area contributed by atoms with Gasteiger partial charge in [0.15, 0.2) is 5.78 Å². The fourth-order valence-electron chi connectivity index (χ4n) is 9.89. The maximum Gasteiger partial charge on any atom is 0.271 e. The fourth-order valence-corrected chi connectivity index (χ4v) is 15.3. The molecule has 7 atom stereocenters. The highest BCUT2D eigenvalue weighted by Crippen LogP contribution is 2.44. The number of ketones is 1. The number of thiazole rings is 6. The van der Waals surface area contributed by atoms with Crippen molar-refractivity contribution in [2.24, 2.45) is 17.6 Å². The number of rotatable bonds is 8. The maximum absolute atomic E-state index is 15.3. The Morgan fingerprint density at radius 1 is 0.642 bits per heavy atom. The normalized spacial score (nSPS) is 20.0. The number of fused-ring (bicyclic) bond motifs is 16. The minimum Gasteiger partial charge on any atom is -0.370 e. The van der Waals surface area contributed by atoms with Crippen LogP contribution in [-0.4, -0.2) is 87.7 Å². The van der Waals surface area contributed by atoms with Crippen LogP contribution in [0.2, 0.25) is 0 Å². The molecule has 10 bridgehead atoms. The van der Waals surface area contributed by atoms with Crippen molar-refractivity contribution in [3.63, 3.8) is 0 Å². The van der Waals surface area contributed by atoms with Gasteiger partial charge in [0.2, 0.25) is 11.8 Å². The molecule has 0 radical (unpaired) electrons. The molecular weight excluding hydrogens is 1140 g/mol. The van der Waals surface area contributed by atoms with Gasteiger partial charge in [0.05, 0.1) is 30.2 Å². The van der Waals surface area contributed by atoms with Gasteiger partial charge in [-0.25, -0.2) is 34.9 Å². The standard InChI is InChI=1S/C57H52N12O6S6/c1-26-12-14-32(15-13-26)18-37-57(75)69-20-27(2)28(3)47(69)56-66-42(25-80-56)53-63-39(22-78-53)46-34(16-17-35(59-46)52-62-38(21-77-52)30(5)70)51-64-40(23-76-51)48(72)60-36(19-43(58)71)54-68-45(31(6)81-54)50(74)67-44(29(4)33-10-8-7-9-11-33)55-65-41(24-79-55)49(73)61-37/h7-17,21-25,27-29,36-37,44,47H,18-20H2,1-6H3,(H2,58,71)(H,60,72)(H,61,73)(H,67,74). The third kappa shape index (κ3) is 11.5. The number of hydrogen-bond acceptors (Lipinski definition) is 19. The molecule has 9 aromatic rings. The Hall–Kier alpha value is -7.61. The Bertz CT molecular complexity index is 3880. The van der Waals surface area contributed by atoms with Gasteiger partial charge in [0.1, 0.15) is 75.9 Å². The number of nitrogens with zero attached hydrogens (tertiary/aromatic N) is 8. The van der Waals surface area contributed by atoms with Gasteiger partial charge in [-0.15, -0.1) is 68.0 Å². The van der Waals surface area contributed by atoms with E-state index in [4.69, 9.17) is 35.6 Å². The lowest BCUT2D eigenvalue weighted by Crippen LogP contribution is -2.50. The van der Waals surface area contributed by atoms with Crippen molar-refractivity contribution in [2.45, 2.75) is 84.5 Å². The molecule has 412 valence electrons. The summed E-state index contributed by atoms with van der Waals surface area (Å²) in [5.41, 5.74) is 11.7. The summed E-state index contributed by atoms with van der Waals surface area (Å²) in [6, 6.07) is 17.9. The zero-order valence-electron chi connectivity index (χ0n) is 44.5. The number of nitrogens with two attached hydrogens (primary N) is 1.